The maximum atomic E-state index is 12.8. The van der Waals surface area contributed by atoms with Gasteiger partial charge in [0.25, 0.3) is 5.91 Å². The quantitative estimate of drug-likeness (QED) is 0.879. The second-order valence-electron chi connectivity index (χ2n) is 6.35. The van der Waals surface area contributed by atoms with E-state index in [1.165, 1.54) is 0 Å². The van der Waals surface area contributed by atoms with Crippen molar-refractivity contribution in [3.63, 3.8) is 0 Å². The highest BCUT2D eigenvalue weighted by Crippen LogP contribution is 2.32. The van der Waals surface area contributed by atoms with Crippen LogP contribution in [0.4, 0.5) is 13.2 Å². The van der Waals surface area contributed by atoms with Crippen molar-refractivity contribution in [2.75, 3.05) is 19.7 Å². The molecule has 2 heterocycles. The molecule has 0 saturated carbocycles. The molecule has 0 aromatic heterocycles. The van der Waals surface area contributed by atoms with E-state index in [-0.39, 0.29) is 28.8 Å². The van der Waals surface area contributed by atoms with Crippen LogP contribution in [0.1, 0.15) is 29.3 Å². The predicted molar refractivity (Wildman–Crippen MR) is 83.1 cm³/mol. The van der Waals surface area contributed by atoms with E-state index in [0.29, 0.717) is 13.2 Å². The summed E-state index contributed by atoms with van der Waals surface area (Å²) >= 11 is 5.91. The highest BCUT2D eigenvalue weighted by Gasteiger charge is 2.37. The molecule has 3 rings (SSSR count). The van der Waals surface area contributed by atoms with Gasteiger partial charge >= 0.3 is 6.18 Å². The van der Waals surface area contributed by atoms with Gasteiger partial charge in [0.15, 0.2) is 0 Å². The average molecular weight is 363 g/mol. The Kier molecular flexibility index (Phi) is 4.77. The molecule has 4 nitrogen and oxygen atoms in total. The molecule has 2 aliphatic heterocycles. The topological polar surface area (TPSA) is 41.6 Å². The normalized spacial score (nSPS) is 27.8. The minimum Gasteiger partial charge on any atom is -0.376 e. The van der Waals surface area contributed by atoms with Gasteiger partial charge in [0.1, 0.15) is 0 Å². The van der Waals surface area contributed by atoms with E-state index in [0.717, 1.165) is 31.2 Å². The number of nitrogens with zero attached hydrogens (tertiary/aromatic N) is 1. The first-order valence-electron chi connectivity index (χ1n) is 7.77. The Labute approximate surface area is 142 Å². The number of nitrogens with one attached hydrogen (secondary N) is 1. The van der Waals surface area contributed by atoms with Crippen LogP contribution in [0.2, 0.25) is 5.02 Å². The number of hydrogen-bond donors (Lipinski definition) is 1. The van der Waals surface area contributed by atoms with Crippen molar-refractivity contribution in [3.05, 3.63) is 34.3 Å². The molecule has 2 fully saturated rings. The first-order valence-corrected chi connectivity index (χ1v) is 8.15. The van der Waals surface area contributed by atoms with Crippen LogP contribution in [0, 0.1) is 0 Å². The van der Waals surface area contributed by atoms with Crippen LogP contribution >= 0.6 is 11.6 Å². The molecule has 0 spiro atoms. The van der Waals surface area contributed by atoms with Crippen molar-refractivity contribution in [3.8, 4) is 0 Å². The molecule has 0 bridgehead atoms. The Morgan fingerprint density at radius 1 is 1.38 bits per heavy atom. The molecule has 1 amide bonds. The number of rotatable bonds is 2. The number of morpholine rings is 1. The Balaban J connectivity index is 1.70. The summed E-state index contributed by atoms with van der Waals surface area (Å²) in [5.74, 6) is -0.579. The molecule has 0 unspecified atom stereocenters. The molecule has 0 aliphatic carbocycles. The van der Waals surface area contributed by atoms with Gasteiger partial charge in [-0.25, -0.2) is 0 Å². The van der Waals surface area contributed by atoms with Gasteiger partial charge in [-0.2, -0.15) is 13.2 Å². The van der Waals surface area contributed by atoms with Crippen LogP contribution in [-0.4, -0.2) is 48.7 Å². The average Bonchev–Trinajstić information content (AvgIpc) is 2.87. The molecule has 1 N–H and O–H groups in total. The largest absolute Gasteiger partial charge is 0.416 e. The fourth-order valence-corrected chi connectivity index (χ4v) is 3.49. The molecule has 1 aromatic rings. The zero-order chi connectivity index (χ0) is 17.5. The standard InChI is InChI=1S/C16H18ClF3N2O2/c1-9-6-22-7-11(5-12(22)8-24-9)21-15(23)13-4-10(16(18,19)20)2-3-14(13)17/h2-4,9,11-12H,5-8H2,1H3,(H,21,23)/t9-,11-,12+/m1/s1. The van der Waals surface area contributed by atoms with Crippen molar-refractivity contribution < 1.29 is 22.7 Å². The molecular formula is C16H18ClF3N2O2. The summed E-state index contributed by atoms with van der Waals surface area (Å²) in [6, 6.07) is 2.89. The Bertz CT molecular complexity index is 638. The SMILES string of the molecule is C[C@@H]1CN2C[C@H](NC(=O)c3cc(C(F)(F)F)ccc3Cl)C[C@H]2CO1. The summed E-state index contributed by atoms with van der Waals surface area (Å²) in [5, 5.41) is 2.81. The molecule has 1 aromatic carbocycles. The zero-order valence-electron chi connectivity index (χ0n) is 13.1. The monoisotopic (exact) mass is 362 g/mol. The fourth-order valence-electron chi connectivity index (χ4n) is 3.28. The predicted octanol–water partition coefficient (Wildman–Crippen LogP) is 2.95. The number of benzene rings is 1. The van der Waals surface area contributed by atoms with Crippen LogP contribution in [0.5, 0.6) is 0 Å². The zero-order valence-corrected chi connectivity index (χ0v) is 13.8. The van der Waals surface area contributed by atoms with Crippen molar-refractivity contribution in [2.24, 2.45) is 0 Å². The van der Waals surface area contributed by atoms with Gasteiger partial charge in [0.2, 0.25) is 0 Å². The minimum atomic E-state index is -4.51. The molecule has 0 radical (unpaired) electrons. The number of halogens is 4. The van der Waals surface area contributed by atoms with Crippen LogP contribution in [0.3, 0.4) is 0 Å². The second-order valence-corrected chi connectivity index (χ2v) is 6.76. The molecular weight excluding hydrogens is 345 g/mol. The van der Waals surface area contributed by atoms with Crippen LogP contribution in [0.25, 0.3) is 0 Å². The molecule has 2 saturated heterocycles. The van der Waals surface area contributed by atoms with Gasteiger partial charge in [-0.05, 0) is 31.5 Å². The second kappa shape index (κ2) is 6.54. The van der Waals surface area contributed by atoms with E-state index in [2.05, 4.69) is 10.2 Å². The van der Waals surface area contributed by atoms with E-state index in [9.17, 15) is 18.0 Å². The van der Waals surface area contributed by atoms with E-state index < -0.39 is 17.6 Å². The summed E-state index contributed by atoms with van der Waals surface area (Å²) in [6.45, 7) is 4.06. The smallest absolute Gasteiger partial charge is 0.376 e. The number of hydrogen-bond acceptors (Lipinski definition) is 3. The third kappa shape index (κ3) is 3.68. The molecule has 8 heteroatoms. The van der Waals surface area contributed by atoms with E-state index in [4.69, 9.17) is 16.3 Å². The summed E-state index contributed by atoms with van der Waals surface area (Å²) in [5.41, 5.74) is -1.04. The Morgan fingerprint density at radius 3 is 2.83 bits per heavy atom. The summed E-state index contributed by atoms with van der Waals surface area (Å²) in [7, 11) is 0. The third-order valence-electron chi connectivity index (χ3n) is 4.47. The fraction of sp³-hybridized carbons (Fsp3) is 0.562. The van der Waals surface area contributed by atoms with Crippen molar-refractivity contribution in [2.45, 2.75) is 37.7 Å². The van der Waals surface area contributed by atoms with Gasteiger partial charge in [-0.3, -0.25) is 9.69 Å². The van der Waals surface area contributed by atoms with E-state index in [1.54, 1.807) is 0 Å². The number of carbonyl (C=O) groups excluding carboxylic acids is 1. The first-order chi connectivity index (χ1) is 11.2. The van der Waals surface area contributed by atoms with Gasteiger partial charge in [-0.1, -0.05) is 11.6 Å². The summed E-state index contributed by atoms with van der Waals surface area (Å²) < 4.78 is 44.0. The lowest BCUT2D eigenvalue weighted by Gasteiger charge is -2.33. The molecule has 132 valence electrons. The lowest BCUT2D eigenvalue weighted by atomic mass is 10.1. The van der Waals surface area contributed by atoms with Crippen molar-refractivity contribution in [1.29, 1.82) is 0 Å². The van der Waals surface area contributed by atoms with Gasteiger partial charge in [-0.15, -0.1) is 0 Å². The molecule has 3 atom stereocenters. The van der Waals surface area contributed by atoms with E-state index >= 15 is 0 Å². The number of carbonyl (C=O) groups is 1. The van der Waals surface area contributed by atoms with Crippen molar-refractivity contribution in [1.82, 2.24) is 10.2 Å². The Hall–Kier alpha value is -1.31. The molecule has 24 heavy (non-hydrogen) atoms. The minimum absolute atomic E-state index is 0.00757. The van der Waals surface area contributed by atoms with Gasteiger partial charge < -0.3 is 10.1 Å². The maximum Gasteiger partial charge on any atom is 0.416 e. The lowest BCUT2D eigenvalue weighted by molar-refractivity contribution is -0.137. The maximum absolute atomic E-state index is 12.8. The highest BCUT2D eigenvalue weighted by molar-refractivity contribution is 6.33. The van der Waals surface area contributed by atoms with Crippen LogP contribution in [0.15, 0.2) is 18.2 Å². The summed E-state index contributed by atoms with van der Waals surface area (Å²) in [4.78, 5) is 14.6. The molecule has 2 aliphatic rings. The van der Waals surface area contributed by atoms with Crippen LogP contribution < -0.4 is 5.32 Å². The Morgan fingerprint density at radius 2 is 2.12 bits per heavy atom. The highest BCUT2D eigenvalue weighted by atomic mass is 35.5. The lowest BCUT2D eigenvalue weighted by Crippen LogP contribution is -2.45. The summed E-state index contributed by atoms with van der Waals surface area (Å²) in [6.07, 6.45) is -3.65. The number of ether oxygens (including phenoxy) is 1. The third-order valence-corrected chi connectivity index (χ3v) is 4.80. The first kappa shape index (κ1) is 17.5. The van der Waals surface area contributed by atoms with Crippen molar-refractivity contribution >= 4 is 17.5 Å². The van der Waals surface area contributed by atoms with Gasteiger partial charge in [0.05, 0.1) is 28.9 Å². The van der Waals surface area contributed by atoms with Gasteiger partial charge in [0, 0.05) is 25.2 Å². The number of amides is 1. The van der Waals surface area contributed by atoms with E-state index in [1.807, 2.05) is 6.92 Å². The van der Waals surface area contributed by atoms with Crippen LogP contribution in [-0.2, 0) is 10.9 Å². The number of alkyl halides is 3. The number of fused-ring (bicyclic) bond motifs is 1.